The van der Waals surface area contributed by atoms with E-state index >= 15 is 0 Å². The fourth-order valence-corrected chi connectivity index (χ4v) is 4.32. The largest absolute Gasteiger partial charge is 0.469 e. The fourth-order valence-electron chi connectivity index (χ4n) is 4.01. The normalized spacial score (nSPS) is 32.2. The second kappa shape index (κ2) is 5.79. The molecule has 0 aliphatic carbocycles. The third-order valence-corrected chi connectivity index (χ3v) is 5.85. The summed E-state index contributed by atoms with van der Waals surface area (Å²) in [6.07, 6.45) is 3.16. The van der Waals surface area contributed by atoms with Crippen molar-refractivity contribution in [3.05, 3.63) is 33.8 Å². The molecule has 3 unspecified atom stereocenters. The molecule has 21 heavy (non-hydrogen) atoms. The minimum Gasteiger partial charge on any atom is -0.469 e. The van der Waals surface area contributed by atoms with Gasteiger partial charge in [-0.1, -0.05) is 29.3 Å². The lowest BCUT2D eigenvalue weighted by Crippen LogP contribution is -2.49. The van der Waals surface area contributed by atoms with Crippen LogP contribution in [-0.2, 0) is 9.53 Å². The Morgan fingerprint density at radius 2 is 2.05 bits per heavy atom. The van der Waals surface area contributed by atoms with Crippen LogP contribution in [0.2, 0.25) is 10.0 Å². The number of piperidine rings is 1. The number of hydrogen-bond donors (Lipinski definition) is 0. The molecule has 1 aromatic carbocycles. The average Bonchev–Trinajstić information content (AvgIpc) is 2.72. The summed E-state index contributed by atoms with van der Waals surface area (Å²) in [6.45, 7) is 0. The van der Waals surface area contributed by atoms with Crippen molar-refractivity contribution >= 4 is 29.2 Å². The maximum Gasteiger partial charge on any atom is 0.310 e. The van der Waals surface area contributed by atoms with Gasteiger partial charge in [0.15, 0.2) is 0 Å². The first kappa shape index (κ1) is 15.1. The summed E-state index contributed by atoms with van der Waals surface area (Å²) in [5.41, 5.74) is 1.09. The highest BCUT2D eigenvalue weighted by atomic mass is 35.5. The molecular weight excluding hydrogens is 309 g/mol. The van der Waals surface area contributed by atoms with Crippen LogP contribution in [0, 0.1) is 5.92 Å². The van der Waals surface area contributed by atoms with E-state index in [1.807, 2.05) is 18.2 Å². The van der Waals surface area contributed by atoms with E-state index in [0.717, 1.165) is 24.8 Å². The number of rotatable bonds is 2. The molecule has 2 heterocycles. The second-order valence-corrected chi connectivity index (χ2v) is 6.84. The quantitative estimate of drug-likeness (QED) is 0.775. The molecule has 5 heteroatoms. The van der Waals surface area contributed by atoms with Crippen LogP contribution in [0.1, 0.15) is 30.7 Å². The molecule has 3 nitrogen and oxygen atoms in total. The lowest BCUT2D eigenvalue weighted by molar-refractivity contribution is -0.150. The highest BCUT2D eigenvalue weighted by molar-refractivity contribution is 6.42. The maximum absolute atomic E-state index is 12.3. The number of halogens is 2. The summed E-state index contributed by atoms with van der Waals surface area (Å²) in [5, 5.41) is 1.09. The van der Waals surface area contributed by atoms with Crippen LogP contribution in [0.3, 0.4) is 0 Å². The Balaban J connectivity index is 1.98. The first-order valence-corrected chi connectivity index (χ1v) is 8.03. The molecule has 1 aromatic rings. The van der Waals surface area contributed by atoms with Crippen LogP contribution in [0.25, 0.3) is 0 Å². The predicted molar refractivity (Wildman–Crippen MR) is 83.9 cm³/mol. The van der Waals surface area contributed by atoms with Crippen LogP contribution in [-0.4, -0.2) is 37.1 Å². The second-order valence-electron chi connectivity index (χ2n) is 6.03. The number of benzene rings is 1. The van der Waals surface area contributed by atoms with Crippen molar-refractivity contribution in [1.29, 1.82) is 0 Å². The van der Waals surface area contributed by atoms with Gasteiger partial charge in [0.25, 0.3) is 0 Å². The maximum atomic E-state index is 12.3. The van der Waals surface area contributed by atoms with Gasteiger partial charge in [-0.2, -0.15) is 0 Å². The van der Waals surface area contributed by atoms with E-state index in [1.54, 1.807) is 0 Å². The Bertz CT molecular complexity index is 563. The molecule has 0 spiro atoms. The van der Waals surface area contributed by atoms with Gasteiger partial charge in [0.1, 0.15) is 0 Å². The zero-order valence-corrected chi connectivity index (χ0v) is 13.7. The number of esters is 1. The first-order valence-electron chi connectivity index (χ1n) is 7.27. The monoisotopic (exact) mass is 327 g/mol. The summed E-state index contributed by atoms with van der Waals surface area (Å²) in [5.74, 6) is -0.0971. The Labute approximate surface area is 135 Å². The van der Waals surface area contributed by atoms with E-state index in [2.05, 4.69) is 11.9 Å². The number of methoxy groups -OCH3 is 1. The van der Waals surface area contributed by atoms with Gasteiger partial charge in [0.2, 0.25) is 0 Å². The van der Waals surface area contributed by atoms with Crippen molar-refractivity contribution in [2.24, 2.45) is 5.92 Å². The molecule has 4 atom stereocenters. The molecular formula is C16H19Cl2NO2. The Kier molecular flexibility index (Phi) is 4.17. The van der Waals surface area contributed by atoms with Gasteiger partial charge in [-0.05, 0) is 44.0 Å². The molecule has 2 fully saturated rings. The number of carbonyl (C=O) groups excluding carboxylic acids is 1. The van der Waals surface area contributed by atoms with Crippen molar-refractivity contribution < 1.29 is 9.53 Å². The third kappa shape index (κ3) is 2.56. The summed E-state index contributed by atoms with van der Waals surface area (Å²) in [4.78, 5) is 14.7. The van der Waals surface area contributed by atoms with E-state index in [9.17, 15) is 4.79 Å². The number of ether oxygens (including phenoxy) is 1. The molecule has 114 valence electrons. The highest BCUT2D eigenvalue weighted by Crippen LogP contribution is 2.47. The van der Waals surface area contributed by atoms with Crippen molar-refractivity contribution in [1.82, 2.24) is 4.90 Å². The van der Waals surface area contributed by atoms with Gasteiger partial charge in [0, 0.05) is 18.0 Å². The van der Waals surface area contributed by atoms with Crippen LogP contribution >= 0.6 is 23.2 Å². The zero-order chi connectivity index (χ0) is 15.1. The molecule has 0 radical (unpaired) electrons. The molecule has 2 bridgehead atoms. The van der Waals surface area contributed by atoms with Gasteiger partial charge in [-0.15, -0.1) is 0 Å². The predicted octanol–water partition coefficient (Wildman–Crippen LogP) is 3.73. The lowest BCUT2D eigenvalue weighted by Gasteiger charge is -2.41. The Hall–Kier alpha value is -0.770. The van der Waals surface area contributed by atoms with E-state index < -0.39 is 0 Å². The fraction of sp³-hybridized carbons (Fsp3) is 0.562. The van der Waals surface area contributed by atoms with Gasteiger partial charge in [-0.25, -0.2) is 0 Å². The SMILES string of the molecule is COC(=O)C1C(c2ccc(Cl)c(Cl)c2)C[C@H]2CCC1N2C. The number of fused-ring (bicyclic) bond motifs is 2. The van der Waals surface area contributed by atoms with Crippen LogP contribution < -0.4 is 0 Å². The van der Waals surface area contributed by atoms with Crippen LogP contribution in [0.15, 0.2) is 18.2 Å². The molecule has 0 saturated carbocycles. The van der Waals surface area contributed by atoms with Crippen molar-refractivity contribution in [3.8, 4) is 0 Å². The third-order valence-electron chi connectivity index (χ3n) is 5.11. The first-order chi connectivity index (χ1) is 10.0. The van der Waals surface area contributed by atoms with Gasteiger partial charge in [0.05, 0.1) is 23.1 Å². The van der Waals surface area contributed by atoms with Gasteiger partial charge >= 0.3 is 5.97 Å². The summed E-state index contributed by atoms with van der Waals surface area (Å²) >= 11 is 12.2. The number of nitrogens with zero attached hydrogens (tertiary/aromatic N) is 1. The minimum atomic E-state index is -0.129. The lowest BCUT2D eigenvalue weighted by atomic mass is 9.76. The van der Waals surface area contributed by atoms with Crippen molar-refractivity contribution in [2.75, 3.05) is 14.2 Å². The molecule has 3 rings (SSSR count). The summed E-state index contributed by atoms with van der Waals surface area (Å²) < 4.78 is 5.07. The molecule has 2 aliphatic rings. The minimum absolute atomic E-state index is 0.122. The smallest absolute Gasteiger partial charge is 0.310 e. The standard InChI is InChI=1S/C16H19Cl2NO2/c1-19-10-4-6-14(19)15(16(20)21-2)11(8-10)9-3-5-12(17)13(18)7-9/h3,5,7,10-11,14-15H,4,6,8H2,1-2H3/t10-,11?,14?,15?/m1/s1. The molecule has 2 aliphatic heterocycles. The van der Waals surface area contributed by atoms with Crippen molar-refractivity contribution in [3.63, 3.8) is 0 Å². The zero-order valence-electron chi connectivity index (χ0n) is 12.2. The Morgan fingerprint density at radius 1 is 1.29 bits per heavy atom. The highest BCUT2D eigenvalue weighted by Gasteiger charge is 2.49. The molecule has 2 saturated heterocycles. The molecule has 0 aromatic heterocycles. The topological polar surface area (TPSA) is 29.5 Å². The van der Waals surface area contributed by atoms with Crippen LogP contribution in [0.5, 0.6) is 0 Å². The van der Waals surface area contributed by atoms with Crippen molar-refractivity contribution in [2.45, 2.75) is 37.3 Å². The summed E-state index contributed by atoms with van der Waals surface area (Å²) in [6, 6.07) is 6.49. The van der Waals surface area contributed by atoms with Crippen LogP contribution in [0.4, 0.5) is 0 Å². The van der Waals surface area contributed by atoms with E-state index in [-0.39, 0.29) is 23.8 Å². The average molecular weight is 328 g/mol. The van der Waals surface area contributed by atoms with E-state index in [0.29, 0.717) is 16.1 Å². The van der Waals surface area contributed by atoms with Gasteiger partial charge in [-0.3, -0.25) is 9.69 Å². The van der Waals surface area contributed by atoms with E-state index in [4.69, 9.17) is 27.9 Å². The molecule has 0 N–H and O–H groups in total. The summed E-state index contributed by atoms with van der Waals surface area (Å²) in [7, 11) is 3.58. The van der Waals surface area contributed by atoms with E-state index in [1.165, 1.54) is 7.11 Å². The Morgan fingerprint density at radius 3 is 2.71 bits per heavy atom. The van der Waals surface area contributed by atoms with Gasteiger partial charge < -0.3 is 4.74 Å². The number of carbonyl (C=O) groups is 1. The number of hydrogen-bond acceptors (Lipinski definition) is 3. The molecule has 0 amide bonds.